The molecule has 0 radical (unpaired) electrons. The van der Waals surface area contributed by atoms with Gasteiger partial charge >= 0.3 is 0 Å². The van der Waals surface area contributed by atoms with Crippen molar-refractivity contribution in [2.24, 2.45) is 0 Å². The van der Waals surface area contributed by atoms with Crippen LogP contribution in [0.2, 0.25) is 0 Å². The molecule has 0 heterocycles. The Kier molecular flexibility index (Phi) is 4.68. The van der Waals surface area contributed by atoms with Crippen LogP contribution in [0.1, 0.15) is 0 Å². The topological polar surface area (TPSA) is 63.9 Å². The zero-order valence-corrected chi connectivity index (χ0v) is 5.25. The Labute approximate surface area is 58.6 Å². The van der Waals surface area contributed by atoms with Crippen LogP contribution in [0.15, 0.2) is 37.4 Å². The summed E-state index contributed by atoms with van der Waals surface area (Å²) >= 11 is 0. The maximum Gasteiger partial charge on any atom is 0.0957 e. The Morgan fingerprint density at radius 1 is 0.700 bits per heavy atom. The molecule has 0 aliphatic rings. The van der Waals surface area contributed by atoms with Gasteiger partial charge in [-0.2, -0.15) is 0 Å². The summed E-state index contributed by atoms with van der Waals surface area (Å²) in [5.74, 6) is 0. The first-order chi connectivity index (χ1) is 4.85. The summed E-state index contributed by atoms with van der Waals surface area (Å²) in [5.41, 5.74) is 0. The molecule has 0 aliphatic heterocycles. The van der Waals surface area contributed by atoms with Crippen LogP contribution in [0, 0.1) is 0 Å². The molecule has 0 aromatic rings. The monoisotopic (exact) mass is 143 g/mol. The maximum atomic E-state index is 8.24. The summed E-state index contributed by atoms with van der Waals surface area (Å²) in [6, 6.07) is 0. The van der Waals surface area contributed by atoms with E-state index < -0.39 is 0 Å². The third-order valence-corrected chi connectivity index (χ3v) is 0.716. The second-order valence-electron chi connectivity index (χ2n) is 1.34. The molecule has 0 unspecified atom stereocenters. The van der Waals surface area contributed by atoms with E-state index >= 15 is 0 Å². The van der Waals surface area contributed by atoms with Crippen molar-refractivity contribution in [3.63, 3.8) is 0 Å². The number of hydrogen-bond acceptors (Lipinski definition) is 4. The molecule has 0 fully saturated rings. The molecule has 0 saturated carbocycles. The van der Waals surface area contributed by atoms with Crippen LogP contribution in [-0.2, 0) is 0 Å². The van der Waals surface area contributed by atoms with Gasteiger partial charge in [0.05, 0.1) is 18.8 Å². The molecule has 0 saturated heterocycles. The van der Waals surface area contributed by atoms with E-state index in [1.165, 1.54) is 23.5 Å². The normalized spacial score (nSPS) is 12.0. The lowest BCUT2D eigenvalue weighted by Crippen LogP contribution is -1.98. The number of aliphatic hydroxyl groups excluding tert-OH is 3. The van der Waals surface area contributed by atoms with Gasteiger partial charge < -0.3 is 20.2 Å². The maximum absolute atomic E-state index is 8.24. The van der Waals surface area contributed by atoms with Gasteiger partial charge in [0.15, 0.2) is 0 Å². The van der Waals surface area contributed by atoms with Crippen molar-refractivity contribution in [1.82, 2.24) is 4.90 Å². The van der Waals surface area contributed by atoms with E-state index in [1.807, 2.05) is 0 Å². The van der Waals surface area contributed by atoms with Crippen LogP contribution in [0.4, 0.5) is 0 Å². The lowest BCUT2D eigenvalue weighted by molar-refractivity contribution is 0.433. The van der Waals surface area contributed by atoms with Crippen LogP contribution in [0.3, 0.4) is 0 Å². The highest BCUT2D eigenvalue weighted by Crippen LogP contribution is 1.90. The van der Waals surface area contributed by atoms with E-state index in [9.17, 15) is 0 Å². The molecule has 0 aromatic heterocycles. The quantitative estimate of drug-likeness (QED) is 0.522. The minimum absolute atomic E-state index is 0.778. The Hall–Kier alpha value is -1.58. The molecule has 0 rings (SSSR count). The average molecular weight is 143 g/mol. The number of hydrogen-bond donors (Lipinski definition) is 3. The fourth-order valence-electron chi connectivity index (χ4n) is 0.380. The van der Waals surface area contributed by atoms with Crippen LogP contribution in [0.5, 0.6) is 0 Å². The first-order valence-electron chi connectivity index (χ1n) is 2.55. The summed E-state index contributed by atoms with van der Waals surface area (Å²) in [6.45, 7) is 0. The van der Waals surface area contributed by atoms with Gasteiger partial charge in [-0.25, -0.2) is 0 Å². The lowest BCUT2D eigenvalue weighted by Gasteiger charge is -2.04. The molecule has 0 aliphatic carbocycles. The molecule has 56 valence electrons. The highest BCUT2D eigenvalue weighted by molar-refractivity contribution is 4.92. The Bertz CT molecular complexity index is 123. The van der Waals surface area contributed by atoms with Crippen LogP contribution in [-0.4, -0.2) is 20.2 Å². The lowest BCUT2D eigenvalue weighted by atomic mass is 10.7. The zero-order valence-electron chi connectivity index (χ0n) is 5.25. The highest BCUT2D eigenvalue weighted by Gasteiger charge is 1.83. The predicted octanol–water partition coefficient (Wildman–Crippen LogP) is 1.38. The minimum atomic E-state index is 0.778. The molecule has 0 amide bonds. The van der Waals surface area contributed by atoms with Crippen LogP contribution < -0.4 is 0 Å². The van der Waals surface area contributed by atoms with Gasteiger partial charge in [0.2, 0.25) is 0 Å². The van der Waals surface area contributed by atoms with E-state index in [1.54, 1.807) is 0 Å². The smallest absolute Gasteiger partial charge is 0.0957 e. The summed E-state index contributed by atoms with van der Waals surface area (Å²) in [6.07, 6.45) is 6.04. The number of aliphatic hydroxyl groups is 3. The van der Waals surface area contributed by atoms with E-state index in [-0.39, 0.29) is 0 Å². The van der Waals surface area contributed by atoms with Crippen molar-refractivity contribution in [3.8, 4) is 0 Å². The Morgan fingerprint density at radius 3 is 1.20 bits per heavy atom. The van der Waals surface area contributed by atoms with E-state index in [0.29, 0.717) is 0 Å². The fraction of sp³-hybridized carbons (Fsp3) is 0. The predicted molar refractivity (Wildman–Crippen MR) is 37.1 cm³/mol. The van der Waals surface area contributed by atoms with Crippen molar-refractivity contribution in [1.29, 1.82) is 0 Å². The van der Waals surface area contributed by atoms with Gasteiger partial charge in [0.25, 0.3) is 0 Å². The van der Waals surface area contributed by atoms with E-state index in [0.717, 1.165) is 18.8 Å². The summed E-state index contributed by atoms with van der Waals surface area (Å²) in [5, 5.41) is 24.7. The average Bonchev–Trinajstić information content (AvgIpc) is 1.90. The second-order valence-corrected chi connectivity index (χ2v) is 1.34. The SMILES string of the molecule is OC=CN(C=CO)C=CO. The fourth-order valence-corrected chi connectivity index (χ4v) is 0.380. The molecular weight excluding hydrogens is 134 g/mol. The van der Waals surface area contributed by atoms with E-state index in [2.05, 4.69) is 0 Å². The molecule has 0 aromatic carbocycles. The zero-order chi connectivity index (χ0) is 7.82. The molecule has 3 N–H and O–H groups in total. The van der Waals surface area contributed by atoms with Gasteiger partial charge in [-0.3, -0.25) is 0 Å². The van der Waals surface area contributed by atoms with Gasteiger partial charge in [0, 0.05) is 18.6 Å². The van der Waals surface area contributed by atoms with Crippen molar-refractivity contribution < 1.29 is 15.3 Å². The molecule has 0 atom stereocenters. The van der Waals surface area contributed by atoms with Gasteiger partial charge in [-0.15, -0.1) is 0 Å². The molecule has 4 nitrogen and oxygen atoms in total. The molecule has 0 spiro atoms. The molecule has 10 heavy (non-hydrogen) atoms. The largest absolute Gasteiger partial charge is 0.514 e. The Balaban J connectivity index is 3.97. The van der Waals surface area contributed by atoms with Gasteiger partial charge in [0.1, 0.15) is 0 Å². The number of nitrogens with zero attached hydrogens (tertiary/aromatic N) is 1. The standard InChI is InChI=1S/C6H9NO3/c8-4-1-7(2-5-9)3-6-10/h1-6,8-10H. The molecule has 0 bridgehead atoms. The summed E-state index contributed by atoms with van der Waals surface area (Å²) < 4.78 is 0. The van der Waals surface area contributed by atoms with Crippen molar-refractivity contribution in [3.05, 3.63) is 37.4 Å². The van der Waals surface area contributed by atoms with Crippen molar-refractivity contribution in [2.75, 3.05) is 0 Å². The third-order valence-electron chi connectivity index (χ3n) is 0.716. The Morgan fingerprint density at radius 2 is 1.00 bits per heavy atom. The highest BCUT2D eigenvalue weighted by atomic mass is 16.2. The van der Waals surface area contributed by atoms with Gasteiger partial charge in [-0.05, 0) is 0 Å². The van der Waals surface area contributed by atoms with E-state index in [4.69, 9.17) is 15.3 Å². The third kappa shape index (κ3) is 3.43. The number of rotatable bonds is 3. The summed E-state index contributed by atoms with van der Waals surface area (Å²) in [4.78, 5) is 1.25. The van der Waals surface area contributed by atoms with Crippen molar-refractivity contribution in [2.45, 2.75) is 0 Å². The van der Waals surface area contributed by atoms with Crippen LogP contribution in [0.25, 0.3) is 0 Å². The van der Waals surface area contributed by atoms with Gasteiger partial charge in [-0.1, -0.05) is 0 Å². The first kappa shape index (κ1) is 8.42. The molecular formula is C6H9NO3. The van der Waals surface area contributed by atoms with Crippen LogP contribution >= 0.6 is 0 Å². The minimum Gasteiger partial charge on any atom is -0.514 e. The summed E-state index contributed by atoms with van der Waals surface area (Å²) in [7, 11) is 0. The van der Waals surface area contributed by atoms with Crippen molar-refractivity contribution >= 4 is 0 Å². The molecule has 4 heteroatoms. The second kappa shape index (κ2) is 5.55. The first-order valence-corrected chi connectivity index (χ1v) is 2.55.